The van der Waals surface area contributed by atoms with Crippen LogP contribution in [0.3, 0.4) is 0 Å². The molecule has 1 aromatic heterocycles. The molecule has 5 heteroatoms. The number of pyridine rings is 1. The van der Waals surface area contributed by atoms with Gasteiger partial charge in [0.1, 0.15) is 11.9 Å². The van der Waals surface area contributed by atoms with Crippen LogP contribution in [0.2, 0.25) is 0 Å². The predicted molar refractivity (Wildman–Crippen MR) is 89.0 cm³/mol. The normalized spacial score (nSPS) is 19.1. The summed E-state index contributed by atoms with van der Waals surface area (Å²) in [6, 6.07) is 6.27. The highest BCUT2D eigenvalue weighted by atomic mass is 16.2. The van der Waals surface area contributed by atoms with Crippen LogP contribution >= 0.6 is 0 Å². The summed E-state index contributed by atoms with van der Waals surface area (Å²) in [5.74, 6) is 1.38. The van der Waals surface area contributed by atoms with Crippen LogP contribution in [0.25, 0.3) is 0 Å². The van der Waals surface area contributed by atoms with Gasteiger partial charge >= 0.3 is 0 Å². The maximum Gasteiger partial charge on any atom is 0.225 e. The summed E-state index contributed by atoms with van der Waals surface area (Å²) in [6.45, 7) is 3.64. The van der Waals surface area contributed by atoms with E-state index in [1.807, 2.05) is 31.0 Å². The molecule has 2 aliphatic rings. The molecule has 1 aromatic rings. The Morgan fingerprint density at radius 1 is 1.30 bits per heavy atom. The minimum Gasteiger partial charge on any atom is -0.355 e. The van der Waals surface area contributed by atoms with Crippen molar-refractivity contribution in [2.24, 2.45) is 5.92 Å². The number of hydrogen-bond donors (Lipinski definition) is 0. The van der Waals surface area contributed by atoms with Gasteiger partial charge in [0.05, 0.1) is 5.56 Å². The van der Waals surface area contributed by atoms with Gasteiger partial charge in [-0.2, -0.15) is 5.26 Å². The topological polar surface area (TPSA) is 60.2 Å². The number of amides is 1. The fraction of sp³-hybridized carbons (Fsp3) is 0.611. The van der Waals surface area contributed by atoms with Crippen molar-refractivity contribution in [3.05, 3.63) is 23.4 Å². The van der Waals surface area contributed by atoms with Gasteiger partial charge in [-0.15, -0.1) is 0 Å². The molecule has 1 amide bonds. The molecule has 5 nitrogen and oxygen atoms in total. The number of carbonyl (C=O) groups is 1. The molecule has 0 N–H and O–H groups in total. The second-order valence-electron chi connectivity index (χ2n) is 6.73. The number of carbonyl (C=O) groups excluding carboxylic acids is 1. The average molecular weight is 312 g/mol. The Balaban J connectivity index is 1.63. The zero-order valence-corrected chi connectivity index (χ0v) is 14.0. The van der Waals surface area contributed by atoms with Crippen LogP contribution in [0.5, 0.6) is 0 Å². The third-order valence-electron chi connectivity index (χ3n) is 5.25. The van der Waals surface area contributed by atoms with Crippen molar-refractivity contribution in [1.29, 1.82) is 5.26 Å². The molecular formula is C18H24N4O. The molecule has 0 radical (unpaired) electrons. The van der Waals surface area contributed by atoms with E-state index < -0.39 is 0 Å². The van der Waals surface area contributed by atoms with Crippen LogP contribution in [-0.4, -0.2) is 42.0 Å². The highest BCUT2D eigenvalue weighted by Gasteiger charge is 2.32. The van der Waals surface area contributed by atoms with E-state index in [-0.39, 0.29) is 5.92 Å². The van der Waals surface area contributed by atoms with E-state index in [1.54, 1.807) is 0 Å². The van der Waals surface area contributed by atoms with E-state index in [0.717, 1.165) is 50.3 Å². The van der Waals surface area contributed by atoms with Gasteiger partial charge < -0.3 is 9.80 Å². The van der Waals surface area contributed by atoms with Crippen molar-refractivity contribution in [3.63, 3.8) is 0 Å². The third kappa shape index (κ3) is 3.17. The van der Waals surface area contributed by atoms with Crippen molar-refractivity contribution in [2.75, 3.05) is 25.0 Å². The van der Waals surface area contributed by atoms with Gasteiger partial charge in [0.2, 0.25) is 5.91 Å². The molecule has 23 heavy (non-hydrogen) atoms. The number of anilines is 1. The molecule has 1 aliphatic carbocycles. The minimum atomic E-state index is 0.265. The zero-order valence-electron chi connectivity index (χ0n) is 14.0. The predicted octanol–water partition coefficient (Wildman–Crippen LogP) is 2.49. The maximum atomic E-state index is 12.4. The Bertz CT molecular complexity index is 624. The Hall–Kier alpha value is -2.09. The van der Waals surface area contributed by atoms with Gasteiger partial charge in [0.15, 0.2) is 0 Å². The van der Waals surface area contributed by atoms with E-state index in [2.05, 4.69) is 16.0 Å². The Kier molecular flexibility index (Phi) is 4.51. The first-order valence-corrected chi connectivity index (χ1v) is 8.49. The molecule has 3 rings (SSSR count). The second kappa shape index (κ2) is 6.57. The molecule has 0 bridgehead atoms. The third-order valence-corrected chi connectivity index (χ3v) is 5.25. The van der Waals surface area contributed by atoms with Crippen LogP contribution in [0, 0.1) is 24.2 Å². The van der Waals surface area contributed by atoms with Gasteiger partial charge in [-0.3, -0.25) is 4.79 Å². The average Bonchev–Trinajstić information content (AvgIpc) is 2.52. The molecule has 122 valence electrons. The van der Waals surface area contributed by atoms with Crippen LogP contribution in [0.15, 0.2) is 12.1 Å². The zero-order chi connectivity index (χ0) is 16.4. The molecule has 0 aromatic carbocycles. The number of hydrogen-bond acceptors (Lipinski definition) is 4. The number of aryl methyl sites for hydroxylation is 1. The van der Waals surface area contributed by atoms with Crippen molar-refractivity contribution in [2.45, 2.75) is 45.1 Å². The summed E-state index contributed by atoms with van der Waals surface area (Å²) >= 11 is 0. The molecule has 0 atom stereocenters. The van der Waals surface area contributed by atoms with Gasteiger partial charge in [-0.1, -0.05) is 6.42 Å². The van der Waals surface area contributed by atoms with E-state index >= 15 is 0 Å². The van der Waals surface area contributed by atoms with Gasteiger partial charge in [-0.05, 0) is 44.7 Å². The maximum absolute atomic E-state index is 12.4. The molecule has 0 spiro atoms. The van der Waals surface area contributed by atoms with Gasteiger partial charge in [-0.25, -0.2) is 4.98 Å². The first-order valence-electron chi connectivity index (χ1n) is 8.49. The Labute approximate surface area is 137 Å². The summed E-state index contributed by atoms with van der Waals surface area (Å²) in [5, 5.41) is 9.28. The molecular weight excluding hydrogens is 288 g/mol. The molecule has 2 fully saturated rings. The number of piperidine rings is 1. The quantitative estimate of drug-likeness (QED) is 0.860. The highest BCUT2D eigenvalue weighted by Crippen LogP contribution is 2.30. The highest BCUT2D eigenvalue weighted by molar-refractivity contribution is 5.79. The lowest BCUT2D eigenvalue weighted by Crippen LogP contribution is -2.48. The second-order valence-corrected chi connectivity index (χ2v) is 6.73. The Morgan fingerprint density at radius 2 is 2.00 bits per heavy atom. The number of rotatable bonds is 3. The fourth-order valence-electron chi connectivity index (χ4n) is 3.46. The lowest BCUT2D eigenvalue weighted by atomic mass is 9.84. The number of nitrogens with zero attached hydrogens (tertiary/aromatic N) is 4. The summed E-state index contributed by atoms with van der Waals surface area (Å²) in [7, 11) is 1.95. The molecule has 0 unspecified atom stereocenters. The first-order chi connectivity index (χ1) is 11.1. The summed E-state index contributed by atoms with van der Waals surface area (Å²) in [5.41, 5.74) is 1.56. The van der Waals surface area contributed by atoms with Gasteiger partial charge in [0.25, 0.3) is 0 Å². The fourth-order valence-corrected chi connectivity index (χ4v) is 3.46. The van der Waals surface area contributed by atoms with E-state index in [0.29, 0.717) is 17.5 Å². The van der Waals surface area contributed by atoms with Crippen molar-refractivity contribution in [3.8, 4) is 6.07 Å². The van der Waals surface area contributed by atoms with Crippen LogP contribution < -0.4 is 4.90 Å². The van der Waals surface area contributed by atoms with E-state index in [1.165, 1.54) is 6.42 Å². The Morgan fingerprint density at radius 3 is 2.57 bits per heavy atom. The lowest BCUT2D eigenvalue weighted by Gasteiger charge is -2.39. The first kappa shape index (κ1) is 15.8. The number of nitriles is 1. The molecule has 1 saturated heterocycles. The van der Waals surface area contributed by atoms with Gasteiger partial charge in [0, 0.05) is 37.8 Å². The SMILES string of the molecule is Cc1ccc(C#N)c(N2CCC(N(C)C(=O)C3CCC3)CC2)n1. The van der Waals surface area contributed by atoms with E-state index in [9.17, 15) is 10.1 Å². The van der Waals surface area contributed by atoms with Crippen molar-refractivity contribution in [1.82, 2.24) is 9.88 Å². The molecule has 2 heterocycles. The van der Waals surface area contributed by atoms with Crippen LogP contribution in [0.1, 0.15) is 43.4 Å². The van der Waals surface area contributed by atoms with Crippen LogP contribution in [-0.2, 0) is 4.79 Å². The monoisotopic (exact) mass is 312 g/mol. The van der Waals surface area contributed by atoms with E-state index in [4.69, 9.17) is 0 Å². The largest absolute Gasteiger partial charge is 0.355 e. The smallest absolute Gasteiger partial charge is 0.225 e. The summed E-state index contributed by atoms with van der Waals surface area (Å²) in [4.78, 5) is 21.1. The van der Waals surface area contributed by atoms with Crippen molar-refractivity contribution >= 4 is 11.7 Å². The summed E-state index contributed by atoms with van der Waals surface area (Å²) in [6.07, 6.45) is 5.19. The number of aromatic nitrogens is 1. The van der Waals surface area contributed by atoms with Crippen molar-refractivity contribution < 1.29 is 4.79 Å². The minimum absolute atomic E-state index is 0.265. The van der Waals surface area contributed by atoms with Crippen LogP contribution in [0.4, 0.5) is 5.82 Å². The summed E-state index contributed by atoms with van der Waals surface area (Å²) < 4.78 is 0. The molecule has 1 aliphatic heterocycles. The lowest BCUT2D eigenvalue weighted by molar-refractivity contribution is -0.139. The standard InChI is InChI=1S/C18H24N4O/c1-13-6-7-15(12-19)17(20-13)22-10-8-16(9-11-22)21(2)18(23)14-4-3-5-14/h6-7,14,16H,3-5,8-11H2,1-2H3. The molecule has 1 saturated carbocycles.